The third-order valence-electron chi connectivity index (χ3n) is 2.44. The SMILES string of the molecule is CNCc1ncc(-c2ccc(OC)c(Br)c2)[nH]1. The van der Waals surface area contributed by atoms with E-state index in [9.17, 15) is 0 Å². The second kappa shape index (κ2) is 5.33. The highest BCUT2D eigenvalue weighted by Crippen LogP contribution is 2.29. The van der Waals surface area contributed by atoms with Gasteiger partial charge in [0.15, 0.2) is 0 Å². The molecule has 0 aliphatic rings. The highest BCUT2D eigenvalue weighted by atomic mass is 79.9. The van der Waals surface area contributed by atoms with Gasteiger partial charge >= 0.3 is 0 Å². The fraction of sp³-hybridized carbons (Fsp3) is 0.250. The van der Waals surface area contributed by atoms with Crippen LogP contribution in [0, 0.1) is 0 Å². The van der Waals surface area contributed by atoms with E-state index < -0.39 is 0 Å². The molecule has 0 saturated carbocycles. The zero-order valence-electron chi connectivity index (χ0n) is 9.75. The molecule has 0 radical (unpaired) electrons. The number of aromatic amines is 1. The average molecular weight is 296 g/mol. The summed E-state index contributed by atoms with van der Waals surface area (Å²) in [5.41, 5.74) is 2.08. The smallest absolute Gasteiger partial charge is 0.133 e. The monoisotopic (exact) mass is 295 g/mol. The molecule has 1 heterocycles. The fourth-order valence-electron chi connectivity index (χ4n) is 1.60. The predicted octanol–water partition coefficient (Wildman–Crippen LogP) is 2.57. The first-order chi connectivity index (χ1) is 8.24. The number of benzene rings is 1. The van der Waals surface area contributed by atoms with Crippen molar-refractivity contribution < 1.29 is 4.74 Å². The second-order valence-electron chi connectivity index (χ2n) is 3.62. The molecule has 0 aliphatic heterocycles. The van der Waals surface area contributed by atoms with Crippen LogP contribution in [0.1, 0.15) is 5.82 Å². The Morgan fingerprint density at radius 3 is 2.94 bits per heavy atom. The van der Waals surface area contributed by atoms with Gasteiger partial charge in [-0.15, -0.1) is 0 Å². The zero-order chi connectivity index (χ0) is 12.3. The van der Waals surface area contributed by atoms with Gasteiger partial charge in [-0.25, -0.2) is 4.98 Å². The summed E-state index contributed by atoms with van der Waals surface area (Å²) in [6.45, 7) is 0.733. The number of nitrogens with zero attached hydrogens (tertiary/aromatic N) is 1. The molecule has 0 aliphatic carbocycles. The molecule has 0 atom stereocenters. The molecule has 2 aromatic rings. The van der Waals surface area contributed by atoms with Crippen LogP contribution in [0.4, 0.5) is 0 Å². The summed E-state index contributed by atoms with van der Waals surface area (Å²) < 4.78 is 6.13. The molecule has 0 saturated heterocycles. The Balaban J connectivity index is 2.29. The van der Waals surface area contributed by atoms with Crippen molar-refractivity contribution in [2.24, 2.45) is 0 Å². The number of H-pyrrole nitrogens is 1. The molecule has 0 spiro atoms. The normalized spacial score (nSPS) is 10.5. The van der Waals surface area contributed by atoms with E-state index in [0.717, 1.165) is 33.8 Å². The van der Waals surface area contributed by atoms with Crippen molar-refractivity contribution in [3.8, 4) is 17.0 Å². The molecule has 0 fully saturated rings. The van der Waals surface area contributed by atoms with Crippen LogP contribution in [0.3, 0.4) is 0 Å². The molecule has 4 nitrogen and oxygen atoms in total. The van der Waals surface area contributed by atoms with Crippen LogP contribution in [0.5, 0.6) is 5.75 Å². The van der Waals surface area contributed by atoms with Crippen LogP contribution in [0.25, 0.3) is 11.3 Å². The minimum absolute atomic E-state index is 0.733. The van der Waals surface area contributed by atoms with Gasteiger partial charge in [0.05, 0.1) is 30.0 Å². The Hall–Kier alpha value is -1.33. The number of rotatable bonds is 4. The Morgan fingerprint density at radius 2 is 2.29 bits per heavy atom. The van der Waals surface area contributed by atoms with E-state index in [4.69, 9.17) is 4.74 Å². The maximum Gasteiger partial charge on any atom is 0.133 e. The zero-order valence-corrected chi connectivity index (χ0v) is 11.3. The van der Waals surface area contributed by atoms with Crippen molar-refractivity contribution in [2.75, 3.05) is 14.2 Å². The highest BCUT2D eigenvalue weighted by molar-refractivity contribution is 9.10. The lowest BCUT2D eigenvalue weighted by molar-refractivity contribution is 0.412. The van der Waals surface area contributed by atoms with Gasteiger partial charge in [0.1, 0.15) is 11.6 Å². The van der Waals surface area contributed by atoms with Gasteiger partial charge in [0.25, 0.3) is 0 Å². The lowest BCUT2D eigenvalue weighted by Gasteiger charge is -2.04. The molecule has 5 heteroatoms. The maximum absolute atomic E-state index is 5.20. The first-order valence-corrected chi connectivity index (χ1v) is 6.06. The van der Waals surface area contributed by atoms with Crippen LogP contribution in [-0.4, -0.2) is 24.1 Å². The summed E-state index contributed by atoms with van der Waals surface area (Å²) in [5, 5.41) is 3.06. The van der Waals surface area contributed by atoms with Crippen molar-refractivity contribution in [1.82, 2.24) is 15.3 Å². The Kier molecular flexibility index (Phi) is 3.81. The number of ether oxygens (including phenoxy) is 1. The molecule has 0 unspecified atom stereocenters. The largest absolute Gasteiger partial charge is 0.496 e. The van der Waals surface area contributed by atoms with E-state index in [1.807, 2.05) is 31.4 Å². The van der Waals surface area contributed by atoms with Crippen LogP contribution in [0.15, 0.2) is 28.9 Å². The Labute approximate surface area is 109 Å². The summed E-state index contributed by atoms with van der Waals surface area (Å²) in [6.07, 6.45) is 1.83. The van der Waals surface area contributed by atoms with Crippen molar-refractivity contribution in [3.63, 3.8) is 0 Å². The number of imidazole rings is 1. The molecular weight excluding hydrogens is 282 g/mol. The number of hydrogen-bond acceptors (Lipinski definition) is 3. The standard InChI is InChI=1S/C12H14BrN3O/c1-14-7-12-15-6-10(16-12)8-3-4-11(17-2)9(13)5-8/h3-6,14H,7H2,1-2H3,(H,15,16). The maximum atomic E-state index is 5.20. The van der Waals surface area contributed by atoms with E-state index in [2.05, 4.69) is 31.2 Å². The van der Waals surface area contributed by atoms with Gasteiger partial charge < -0.3 is 15.0 Å². The Bertz CT molecular complexity index is 510. The first-order valence-electron chi connectivity index (χ1n) is 5.27. The van der Waals surface area contributed by atoms with Gasteiger partial charge in [-0.05, 0) is 41.2 Å². The number of aromatic nitrogens is 2. The number of methoxy groups -OCH3 is 1. The quantitative estimate of drug-likeness (QED) is 0.911. The summed E-state index contributed by atoms with van der Waals surface area (Å²) in [6, 6.07) is 5.94. The van der Waals surface area contributed by atoms with Crippen LogP contribution in [-0.2, 0) is 6.54 Å². The summed E-state index contributed by atoms with van der Waals surface area (Å²) in [7, 11) is 3.55. The molecule has 1 aromatic heterocycles. The van der Waals surface area contributed by atoms with Crippen molar-refractivity contribution in [2.45, 2.75) is 6.54 Å². The fourth-order valence-corrected chi connectivity index (χ4v) is 2.14. The number of halogens is 1. The van der Waals surface area contributed by atoms with Gasteiger partial charge in [-0.2, -0.15) is 0 Å². The van der Waals surface area contributed by atoms with Gasteiger partial charge in [-0.1, -0.05) is 0 Å². The molecule has 90 valence electrons. The van der Waals surface area contributed by atoms with Crippen LogP contribution >= 0.6 is 15.9 Å². The first kappa shape index (κ1) is 12.1. The van der Waals surface area contributed by atoms with Gasteiger partial charge in [-0.3, -0.25) is 0 Å². The van der Waals surface area contributed by atoms with Crippen molar-refractivity contribution in [3.05, 3.63) is 34.7 Å². The molecule has 1 aromatic carbocycles. The van der Waals surface area contributed by atoms with E-state index in [1.165, 1.54) is 0 Å². The predicted molar refractivity (Wildman–Crippen MR) is 71.0 cm³/mol. The summed E-state index contributed by atoms with van der Waals surface area (Å²) in [4.78, 5) is 7.55. The molecular formula is C12H14BrN3O. The minimum Gasteiger partial charge on any atom is -0.496 e. The Morgan fingerprint density at radius 1 is 1.47 bits per heavy atom. The molecule has 0 amide bonds. The topological polar surface area (TPSA) is 49.9 Å². The lowest BCUT2D eigenvalue weighted by Crippen LogP contribution is -2.06. The number of hydrogen-bond donors (Lipinski definition) is 2. The van der Waals surface area contributed by atoms with E-state index in [0.29, 0.717) is 0 Å². The molecule has 0 bridgehead atoms. The van der Waals surface area contributed by atoms with Gasteiger partial charge in [0, 0.05) is 5.56 Å². The second-order valence-corrected chi connectivity index (χ2v) is 4.48. The lowest BCUT2D eigenvalue weighted by atomic mass is 10.2. The van der Waals surface area contributed by atoms with Crippen molar-refractivity contribution in [1.29, 1.82) is 0 Å². The van der Waals surface area contributed by atoms with Crippen LogP contribution in [0.2, 0.25) is 0 Å². The molecule has 2 rings (SSSR count). The molecule has 2 N–H and O–H groups in total. The summed E-state index contributed by atoms with van der Waals surface area (Å²) in [5.74, 6) is 1.75. The van der Waals surface area contributed by atoms with Gasteiger partial charge in [0.2, 0.25) is 0 Å². The third-order valence-corrected chi connectivity index (χ3v) is 3.06. The highest BCUT2D eigenvalue weighted by Gasteiger charge is 2.06. The van der Waals surface area contributed by atoms with E-state index in [1.54, 1.807) is 7.11 Å². The van der Waals surface area contributed by atoms with E-state index in [-0.39, 0.29) is 0 Å². The average Bonchev–Trinajstić information content (AvgIpc) is 2.78. The minimum atomic E-state index is 0.733. The van der Waals surface area contributed by atoms with Crippen LogP contribution < -0.4 is 10.1 Å². The van der Waals surface area contributed by atoms with E-state index >= 15 is 0 Å². The summed E-state index contributed by atoms with van der Waals surface area (Å²) >= 11 is 3.47. The molecule has 17 heavy (non-hydrogen) atoms. The third kappa shape index (κ3) is 2.68. The van der Waals surface area contributed by atoms with Crippen molar-refractivity contribution >= 4 is 15.9 Å². The number of nitrogens with one attached hydrogen (secondary N) is 2.